The Morgan fingerprint density at radius 1 is 1.33 bits per heavy atom. The van der Waals surface area contributed by atoms with Crippen LogP contribution in [-0.4, -0.2) is 25.6 Å². The number of fused-ring (bicyclic) bond motifs is 1. The second kappa shape index (κ2) is 6.30. The second-order valence-electron chi connectivity index (χ2n) is 5.22. The molecule has 0 bridgehead atoms. The van der Waals surface area contributed by atoms with Gasteiger partial charge in [-0.15, -0.1) is 0 Å². The van der Waals surface area contributed by atoms with Gasteiger partial charge in [-0.25, -0.2) is 14.8 Å². The normalized spacial score (nSPS) is 11.0. The van der Waals surface area contributed by atoms with E-state index in [2.05, 4.69) is 15.3 Å². The van der Waals surface area contributed by atoms with Gasteiger partial charge in [-0.05, 0) is 19.4 Å². The van der Waals surface area contributed by atoms with E-state index in [0.29, 0.717) is 50.6 Å². The summed E-state index contributed by atoms with van der Waals surface area (Å²) in [6.07, 6.45) is 1.15. The van der Waals surface area contributed by atoms with Crippen LogP contribution in [0.25, 0.3) is 16.9 Å². The fourth-order valence-electron chi connectivity index (χ4n) is 2.56. The number of aryl methyl sites for hydroxylation is 2. The van der Waals surface area contributed by atoms with Gasteiger partial charge in [-0.3, -0.25) is 9.72 Å². The average molecular weight is 365 g/mol. The number of nitrogens with zero attached hydrogens (tertiary/aromatic N) is 3. The highest BCUT2D eigenvalue weighted by atomic mass is 35.5. The van der Waals surface area contributed by atoms with Gasteiger partial charge in [0.1, 0.15) is 11.5 Å². The molecule has 124 valence electrons. The van der Waals surface area contributed by atoms with E-state index < -0.39 is 6.09 Å². The fourth-order valence-corrected chi connectivity index (χ4v) is 2.95. The molecular formula is C16H14Cl2N4O2. The van der Waals surface area contributed by atoms with E-state index in [1.54, 1.807) is 28.8 Å². The number of carbonyl (C=O) groups is 1. The molecule has 6 nitrogen and oxygen atoms in total. The molecule has 2 N–H and O–H groups in total. The van der Waals surface area contributed by atoms with E-state index in [0.717, 1.165) is 0 Å². The third-order valence-electron chi connectivity index (χ3n) is 3.57. The van der Waals surface area contributed by atoms with Gasteiger partial charge in [0.2, 0.25) is 0 Å². The molecule has 2 aromatic heterocycles. The third kappa shape index (κ3) is 2.79. The van der Waals surface area contributed by atoms with E-state index in [1.807, 2.05) is 13.8 Å². The highest BCUT2D eigenvalue weighted by Gasteiger charge is 2.19. The quantitative estimate of drug-likeness (QED) is 0.707. The number of aromatic nitrogens is 3. The van der Waals surface area contributed by atoms with Gasteiger partial charge >= 0.3 is 6.09 Å². The Bertz CT molecular complexity index is 953. The summed E-state index contributed by atoms with van der Waals surface area (Å²) in [5, 5.41) is 12.3. The van der Waals surface area contributed by atoms with E-state index in [-0.39, 0.29) is 0 Å². The molecule has 0 aliphatic heterocycles. The van der Waals surface area contributed by atoms with Crippen LogP contribution in [0.4, 0.5) is 10.6 Å². The Morgan fingerprint density at radius 3 is 2.75 bits per heavy atom. The Morgan fingerprint density at radius 2 is 2.08 bits per heavy atom. The molecule has 0 atom stereocenters. The molecule has 3 aromatic rings. The summed E-state index contributed by atoms with van der Waals surface area (Å²) in [5.41, 5.74) is 3.04. The van der Waals surface area contributed by atoms with Crippen LogP contribution in [0.5, 0.6) is 0 Å². The highest BCUT2D eigenvalue weighted by Crippen LogP contribution is 2.35. The maximum absolute atomic E-state index is 11.1. The van der Waals surface area contributed by atoms with Gasteiger partial charge in [0, 0.05) is 11.8 Å². The number of hydrogen-bond donors (Lipinski definition) is 2. The first-order chi connectivity index (χ1) is 11.4. The lowest BCUT2D eigenvalue weighted by molar-refractivity contribution is 0.209. The fraction of sp³-hybridized carbons (Fsp3) is 0.188. The third-order valence-corrected chi connectivity index (χ3v) is 4.39. The van der Waals surface area contributed by atoms with Crippen LogP contribution in [0, 0.1) is 6.92 Å². The summed E-state index contributed by atoms with van der Waals surface area (Å²) < 4.78 is 1.68. The standard InChI is InChI=1S/C16H14Cl2N4O2/c1-3-11-14(21-16(23)24)22-7-8(2)19-13(15(22)20-11)9-5-4-6-10(17)12(9)18/h4-7,21H,3H2,1-2H3,(H,23,24). The van der Waals surface area contributed by atoms with Crippen LogP contribution in [0.15, 0.2) is 24.4 Å². The van der Waals surface area contributed by atoms with Crippen LogP contribution >= 0.6 is 23.2 Å². The van der Waals surface area contributed by atoms with Crippen LogP contribution in [0.1, 0.15) is 18.3 Å². The number of nitrogens with one attached hydrogen (secondary N) is 1. The smallest absolute Gasteiger partial charge is 0.410 e. The summed E-state index contributed by atoms with van der Waals surface area (Å²) in [7, 11) is 0. The van der Waals surface area contributed by atoms with Crippen molar-refractivity contribution in [2.24, 2.45) is 0 Å². The molecule has 3 rings (SSSR count). The molecule has 0 saturated heterocycles. The van der Waals surface area contributed by atoms with Crippen molar-refractivity contribution < 1.29 is 9.90 Å². The monoisotopic (exact) mass is 364 g/mol. The number of imidazole rings is 1. The zero-order chi connectivity index (χ0) is 17.4. The molecule has 0 unspecified atom stereocenters. The van der Waals surface area contributed by atoms with E-state index in [9.17, 15) is 4.79 Å². The summed E-state index contributed by atoms with van der Waals surface area (Å²) in [6.45, 7) is 3.72. The molecule has 0 fully saturated rings. The number of rotatable bonds is 3. The lowest BCUT2D eigenvalue weighted by atomic mass is 10.1. The van der Waals surface area contributed by atoms with Crippen molar-refractivity contribution >= 4 is 40.8 Å². The van der Waals surface area contributed by atoms with Crippen molar-refractivity contribution in [3.05, 3.63) is 45.8 Å². The molecular weight excluding hydrogens is 351 g/mol. The molecule has 1 aromatic carbocycles. The van der Waals surface area contributed by atoms with Crippen LogP contribution in [-0.2, 0) is 6.42 Å². The molecule has 0 saturated carbocycles. The lowest BCUT2D eigenvalue weighted by Gasteiger charge is -2.09. The molecule has 0 spiro atoms. The highest BCUT2D eigenvalue weighted by molar-refractivity contribution is 6.43. The zero-order valence-electron chi connectivity index (χ0n) is 13.0. The Labute approximate surface area is 148 Å². The van der Waals surface area contributed by atoms with Crippen molar-refractivity contribution in [2.75, 3.05) is 5.32 Å². The van der Waals surface area contributed by atoms with Gasteiger partial charge < -0.3 is 5.11 Å². The Balaban J connectivity index is 2.35. The van der Waals surface area contributed by atoms with Crippen LogP contribution in [0.3, 0.4) is 0 Å². The topological polar surface area (TPSA) is 79.5 Å². The first kappa shape index (κ1) is 16.5. The average Bonchev–Trinajstić information content (AvgIpc) is 2.86. The molecule has 24 heavy (non-hydrogen) atoms. The summed E-state index contributed by atoms with van der Waals surface area (Å²) in [4.78, 5) is 20.2. The van der Waals surface area contributed by atoms with Gasteiger partial charge in [0.05, 0.1) is 21.4 Å². The zero-order valence-corrected chi connectivity index (χ0v) is 14.5. The molecule has 8 heteroatoms. The Hall–Kier alpha value is -2.31. The van der Waals surface area contributed by atoms with Crippen LogP contribution in [0.2, 0.25) is 10.0 Å². The van der Waals surface area contributed by atoms with E-state index in [1.165, 1.54) is 0 Å². The first-order valence-electron chi connectivity index (χ1n) is 7.25. The van der Waals surface area contributed by atoms with Crippen molar-refractivity contribution in [2.45, 2.75) is 20.3 Å². The minimum absolute atomic E-state index is 0.382. The number of anilines is 1. The van der Waals surface area contributed by atoms with Crippen molar-refractivity contribution in [1.29, 1.82) is 0 Å². The van der Waals surface area contributed by atoms with E-state index in [4.69, 9.17) is 28.3 Å². The maximum Gasteiger partial charge on any atom is 0.410 e. The number of amides is 1. The number of hydrogen-bond acceptors (Lipinski definition) is 3. The SMILES string of the molecule is CCc1nc2c(-c3cccc(Cl)c3Cl)nc(C)cn2c1NC(=O)O. The second-order valence-corrected chi connectivity index (χ2v) is 6.00. The molecule has 1 amide bonds. The molecule has 0 aliphatic carbocycles. The largest absolute Gasteiger partial charge is 0.465 e. The summed E-state index contributed by atoms with van der Waals surface area (Å²) in [5.74, 6) is 0.407. The summed E-state index contributed by atoms with van der Waals surface area (Å²) in [6, 6.07) is 5.28. The van der Waals surface area contributed by atoms with Gasteiger partial charge in [-0.2, -0.15) is 0 Å². The predicted molar refractivity (Wildman–Crippen MR) is 94.2 cm³/mol. The minimum atomic E-state index is -1.15. The number of benzene rings is 1. The predicted octanol–water partition coefficient (Wildman–Crippen LogP) is 4.66. The Kier molecular flexibility index (Phi) is 4.34. The lowest BCUT2D eigenvalue weighted by Crippen LogP contribution is -2.11. The molecule has 0 aliphatic rings. The molecule has 0 radical (unpaired) electrons. The number of carboxylic acid groups (broad SMARTS) is 1. The summed E-state index contributed by atoms with van der Waals surface area (Å²) >= 11 is 12.4. The van der Waals surface area contributed by atoms with Crippen molar-refractivity contribution in [1.82, 2.24) is 14.4 Å². The van der Waals surface area contributed by atoms with Gasteiger partial charge in [0.25, 0.3) is 0 Å². The number of halogens is 2. The first-order valence-corrected chi connectivity index (χ1v) is 8.00. The van der Waals surface area contributed by atoms with Crippen molar-refractivity contribution in [3.63, 3.8) is 0 Å². The van der Waals surface area contributed by atoms with Crippen LogP contribution < -0.4 is 5.32 Å². The minimum Gasteiger partial charge on any atom is -0.465 e. The van der Waals surface area contributed by atoms with E-state index >= 15 is 0 Å². The van der Waals surface area contributed by atoms with Crippen molar-refractivity contribution in [3.8, 4) is 11.3 Å². The van der Waals surface area contributed by atoms with Gasteiger partial charge in [-0.1, -0.05) is 42.3 Å². The maximum atomic E-state index is 11.1. The van der Waals surface area contributed by atoms with Gasteiger partial charge in [0.15, 0.2) is 5.65 Å². The molecule has 2 heterocycles.